The second-order valence-electron chi connectivity index (χ2n) is 10.4. The molecule has 3 aromatic carbocycles. The maximum absolute atomic E-state index is 16.1. The van der Waals surface area contributed by atoms with E-state index in [2.05, 4.69) is 17.9 Å². The normalized spacial score (nSPS) is 12.7. The molecule has 2 atom stereocenters. The SMILES string of the molecule is CCCC(=O)N(CCC(=O)NC[C@H](S)Cc1ccccc1)Cc1ccc(-c2ccccc2)c(S(=O)(=O)NC(=O)[C@H](C)O)c1F. The van der Waals surface area contributed by atoms with Gasteiger partial charge in [-0.15, -0.1) is 0 Å². The summed E-state index contributed by atoms with van der Waals surface area (Å²) in [6, 6.07) is 20.7. The van der Waals surface area contributed by atoms with Gasteiger partial charge in [0.1, 0.15) is 16.8 Å². The summed E-state index contributed by atoms with van der Waals surface area (Å²) in [6.07, 6.45) is -0.382. The number of hydrogen-bond donors (Lipinski definition) is 4. The summed E-state index contributed by atoms with van der Waals surface area (Å²) in [4.78, 5) is 38.3. The molecule has 0 aliphatic heterocycles. The first-order valence-electron chi connectivity index (χ1n) is 14.3. The van der Waals surface area contributed by atoms with Crippen LogP contribution < -0.4 is 10.0 Å². The van der Waals surface area contributed by atoms with E-state index in [0.29, 0.717) is 24.9 Å². The van der Waals surface area contributed by atoms with Gasteiger partial charge in [-0.25, -0.2) is 17.5 Å². The van der Waals surface area contributed by atoms with Crippen LogP contribution in [-0.2, 0) is 37.4 Å². The number of amides is 3. The molecule has 3 rings (SSSR count). The minimum absolute atomic E-state index is 0.000340. The Hall–Kier alpha value is -3.74. The third-order valence-corrected chi connectivity index (χ3v) is 8.55. The number of halogens is 1. The standard InChI is InChI=1S/C32H38FN3O6S2/c1-3-10-29(39)36(18-17-28(38)34-20-26(43)19-23-11-6-4-7-12-23)21-25-15-16-27(24-13-8-5-9-14-24)31(30(25)33)44(41,42)35-32(40)22(2)37/h4-9,11-16,22,26,37,43H,3,10,17-21H2,1-2H3,(H,34,38)(H,35,40)/t22-,26+/m0/s1. The quantitative estimate of drug-likeness (QED) is 0.186. The third kappa shape index (κ3) is 9.90. The molecule has 0 aromatic heterocycles. The lowest BCUT2D eigenvalue weighted by Gasteiger charge is -2.24. The fraction of sp³-hybridized carbons (Fsp3) is 0.344. The van der Waals surface area contributed by atoms with E-state index >= 15 is 4.39 Å². The van der Waals surface area contributed by atoms with Gasteiger partial charge in [-0.05, 0) is 30.9 Å². The lowest BCUT2D eigenvalue weighted by atomic mass is 10.0. The predicted octanol–water partition coefficient (Wildman–Crippen LogP) is 3.85. The highest BCUT2D eigenvalue weighted by Gasteiger charge is 2.30. The Morgan fingerprint density at radius 1 is 0.977 bits per heavy atom. The Morgan fingerprint density at radius 3 is 2.23 bits per heavy atom. The second-order valence-corrected chi connectivity index (χ2v) is 12.7. The summed E-state index contributed by atoms with van der Waals surface area (Å²) in [5, 5.41) is 12.3. The summed E-state index contributed by atoms with van der Waals surface area (Å²) in [7, 11) is -4.78. The molecule has 3 N–H and O–H groups in total. The molecule has 0 fully saturated rings. The molecule has 12 heteroatoms. The molecule has 0 unspecified atom stereocenters. The zero-order chi connectivity index (χ0) is 32.3. The van der Waals surface area contributed by atoms with Crippen LogP contribution in [0.3, 0.4) is 0 Å². The van der Waals surface area contributed by atoms with E-state index in [0.717, 1.165) is 12.5 Å². The lowest BCUT2D eigenvalue weighted by molar-refractivity contribution is -0.132. The van der Waals surface area contributed by atoms with Gasteiger partial charge in [0, 0.05) is 48.9 Å². The van der Waals surface area contributed by atoms with Crippen molar-refractivity contribution >= 4 is 40.4 Å². The van der Waals surface area contributed by atoms with Gasteiger partial charge in [0.05, 0.1) is 0 Å². The van der Waals surface area contributed by atoms with Crippen molar-refractivity contribution in [1.82, 2.24) is 14.9 Å². The van der Waals surface area contributed by atoms with Crippen LogP contribution in [0.1, 0.15) is 44.2 Å². The largest absolute Gasteiger partial charge is 0.384 e. The molecule has 9 nitrogen and oxygen atoms in total. The number of nitrogens with zero attached hydrogens (tertiary/aromatic N) is 1. The molecule has 3 amide bonds. The van der Waals surface area contributed by atoms with Crippen molar-refractivity contribution in [2.75, 3.05) is 13.1 Å². The number of aliphatic hydroxyl groups excluding tert-OH is 1. The molecular formula is C32H38FN3O6S2. The number of carbonyl (C=O) groups is 3. The predicted molar refractivity (Wildman–Crippen MR) is 170 cm³/mol. The number of sulfonamides is 1. The van der Waals surface area contributed by atoms with E-state index < -0.39 is 32.7 Å². The highest BCUT2D eigenvalue weighted by molar-refractivity contribution is 7.90. The molecule has 0 spiro atoms. The summed E-state index contributed by atoms with van der Waals surface area (Å²) in [6.45, 7) is 2.88. The van der Waals surface area contributed by atoms with Crippen molar-refractivity contribution in [3.8, 4) is 11.1 Å². The van der Waals surface area contributed by atoms with Gasteiger partial charge in [0.25, 0.3) is 15.9 Å². The van der Waals surface area contributed by atoms with Crippen molar-refractivity contribution in [3.63, 3.8) is 0 Å². The smallest absolute Gasteiger partial charge is 0.267 e. The van der Waals surface area contributed by atoms with Gasteiger partial charge in [-0.1, -0.05) is 79.7 Å². The number of carbonyl (C=O) groups excluding carboxylic acids is 3. The number of aliphatic hydroxyl groups is 1. The van der Waals surface area contributed by atoms with Crippen LogP contribution in [0.15, 0.2) is 77.7 Å². The van der Waals surface area contributed by atoms with Crippen LogP contribution in [-0.4, -0.2) is 60.6 Å². The summed E-state index contributed by atoms with van der Waals surface area (Å²) in [5.41, 5.74) is 1.36. The van der Waals surface area contributed by atoms with Gasteiger partial charge in [0.15, 0.2) is 0 Å². The summed E-state index contributed by atoms with van der Waals surface area (Å²) < 4.78 is 44.4. The highest BCUT2D eigenvalue weighted by atomic mass is 32.2. The average molecular weight is 644 g/mol. The minimum atomic E-state index is -4.78. The molecule has 3 aromatic rings. The second kappa shape index (κ2) is 16.4. The van der Waals surface area contributed by atoms with Gasteiger partial charge in [0.2, 0.25) is 11.8 Å². The van der Waals surface area contributed by atoms with E-state index in [1.807, 2.05) is 37.3 Å². The molecule has 44 heavy (non-hydrogen) atoms. The Balaban J connectivity index is 1.82. The van der Waals surface area contributed by atoms with Gasteiger partial charge < -0.3 is 15.3 Å². The molecular weight excluding hydrogens is 605 g/mol. The number of nitrogens with one attached hydrogen (secondary N) is 2. The van der Waals surface area contributed by atoms with Crippen molar-refractivity contribution in [3.05, 3.63) is 89.7 Å². The molecule has 0 radical (unpaired) electrons. The fourth-order valence-electron chi connectivity index (χ4n) is 4.48. The summed E-state index contributed by atoms with van der Waals surface area (Å²) in [5.74, 6) is -2.99. The first kappa shape index (κ1) is 34.7. The average Bonchev–Trinajstić information content (AvgIpc) is 2.99. The van der Waals surface area contributed by atoms with Crippen LogP contribution >= 0.6 is 12.6 Å². The number of rotatable bonds is 15. The van der Waals surface area contributed by atoms with Gasteiger partial charge in [-0.2, -0.15) is 12.6 Å². The zero-order valence-corrected chi connectivity index (χ0v) is 26.4. The number of hydrogen-bond acceptors (Lipinski definition) is 7. The lowest BCUT2D eigenvalue weighted by Crippen LogP contribution is -2.38. The first-order chi connectivity index (χ1) is 20.9. The van der Waals surface area contributed by atoms with Crippen LogP contribution in [0.4, 0.5) is 4.39 Å². The van der Waals surface area contributed by atoms with Crippen molar-refractivity contribution in [2.45, 2.75) is 62.3 Å². The molecule has 0 bridgehead atoms. The van der Waals surface area contributed by atoms with E-state index in [1.165, 1.54) is 17.0 Å². The minimum Gasteiger partial charge on any atom is -0.384 e. The van der Waals surface area contributed by atoms with Gasteiger partial charge in [-0.3, -0.25) is 14.4 Å². The van der Waals surface area contributed by atoms with E-state index in [4.69, 9.17) is 0 Å². The monoisotopic (exact) mass is 643 g/mol. The topological polar surface area (TPSA) is 133 Å². The van der Waals surface area contributed by atoms with Gasteiger partial charge >= 0.3 is 0 Å². The molecule has 0 aliphatic rings. The highest BCUT2D eigenvalue weighted by Crippen LogP contribution is 2.32. The third-order valence-electron chi connectivity index (χ3n) is 6.78. The molecule has 0 saturated heterocycles. The van der Waals surface area contributed by atoms with E-state index in [-0.39, 0.29) is 54.1 Å². The summed E-state index contributed by atoms with van der Waals surface area (Å²) >= 11 is 4.55. The maximum atomic E-state index is 16.1. The van der Waals surface area contributed by atoms with Crippen LogP contribution in [0.5, 0.6) is 0 Å². The van der Waals surface area contributed by atoms with Crippen LogP contribution in [0.25, 0.3) is 11.1 Å². The Morgan fingerprint density at radius 2 is 1.61 bits per heavy atom. The Labute approximate surface area is 263 Å². The maximum Gasteiger partial charge on any atom is 0.267 e. The Bertz CT molecular complexity index is 1540. The van der Waals surface area contributed by atoms with Crippen LogP contribution in [0, 0.1) is 5.82 Å². The van der Waals surface area contributed by atoms with Crippen molar-refractivity contribution < 1.29 is 32.3 Å². The molecule has 0 aliphatic carbocycles. The molecule has 0 heterocycles. The van der Waals surface area contributed by atoms with Crippen molar-refractivity contribution in [1.29, 1.82) is 0 Å². The fourth-order valence-corrected chi connectivity index (χ4v) is 6.16. The number of thiol groups is 1. The van der Waals surface area contributed by atoms with E-state index in [1.54, 1.807) is 35.1 Å². The molecule has 0 saturated carbocycles. The van der Waals surface area contributed by atoms with E-state index in [9.17, 15) is 27.9 Å². The molecule has 236 valence electrons. The Kier molecular flexibility index (Phi) is 12.9. The van der Waals surface area contributed by atoms with Crippen molar-refractivity contribution in [2.24, 2.45) is 0 Å². The van der Waals surface area contributed by atoms with Crippen LogP contribution in [0.2, 0.25) is 0 Å². The number of benzene rings is 3. The first-order valence-corrected chi connectivity index (χ1v) is 16.3. The zero-order valence-electron chi connectivity index (χ0n) is 24.7.